The third-order valence-electron chi connectivity index (χ3n) is 2.76. The second kappa shape index (κ2) is 4.15. The van der Waals surface area contributed by atoms with Gasteiger partial charge >= 0.3 is 0 Å². The molecule has 0 bridgehead atoms. The van der Waals surface area contributed by atoms with Crippen molar-refractivity contribution in [3.05, 3.63) is 41.3 Å². The van der Waals surface area contributed by atoms with Crippen LogP contribution < -0.4 is 10.5 Å². The zero-order valence-corrected chi connectivity index (χ0v) is 10.8. The number of hydrogen-bond acceptors (Lipinski definition) is 6. The van der Waals surface area contributed by atoms with Crippen LogP contribution in [0.2, 0.25) is 0 Å². The normalized spacial score (nSPS) is 17.8. The van der Waals surface area contributed by atoms with Gasteiger partial charge in [0.2, 0.25) is 0 Å². The zero-order chi connectivity index (χ0) is 13.6. The molecule has 19 heavy (non-hydrogen) atoms. The van der Waals surface area contributed by atoms with Crippen molar-refractivity contribution in [2.24, 2.45) is 4.99 Å². The molecule has 0 saturated heterocycles. The second-order valence-corrected chi connectivity index (χ2v) is 4.62. The van der Waals surface area contributed by atoms with Crippen LogP contribution in [0, 0.1) is 0 Å². The SMILES string of the molecule is CC1=NC2=CN(c3ccc(O)c(O)c3)NN2C([S])=C1. The Balaban J connectivity index is 1.94. The van der Waals surface area contributed by atoms with Crippen molar-refractivity contribution in [1.82, 2.24) is 10.5 Å². The summed E-state index contributed by atoms with van der Waals surface area (Å²) in [4.78, 5) is 4.35. The Morgan fingerprint density at radius 2 is 2.05 bits per heavy atom. The van der Waals surface area contributed by atoms with Gasteiger partial charge in [-0.1, -0.05) is 12.6 Å². The summed E-state index contributed by atoms with van der Waals surface area (Å²) >= 11 is 5.24. The highest BCUT2D eigenvalue weighted by atomic mass is 32.1. The van der Waals surface area contributed by atoms with Crippen molar-refractivity contribution in [2.45, 2.75) is 6.92 Å². The van der Waals surface area contributed by atoms with Gasteiger partial charge in [0.25, 0.3) is 0 Å². The minimum Gasteiger partial charge on any atom is -0.504 e. The molecule has 0 fully saturated rings. The Morgan fingerprint density at radius 3 is 2.79 bits per heavy atom. The molecule has 3 N–H and O–H groups in total. The first kappa shape index (κ1) is 11.8. The molecule has 0 aliphatic carbocycles. The van der Waals surface area contributed by atoms with Crippen molar-refractivity contribution in [3.8, 4) is 11.5 Å². The van der Waals surface area contributed by atoms with Gasteiger partial charge in [0.05, 0.1) is 11.9 Å². The largest absolute Gasteiger partial charge is 0.504 e. The Kier molecular flexibility index (Phi) is 2.58. The zero-order valence-electron chi connectivity index (χ0n) is 10.0. The predicted molar refractivity (Wildman–Crippen MR) is 74.1 cm³/mol. The number of hydrogen-bond donors (Lipinski definition) is 3. The number of phenolic OH excluding ortho intramolecular Hbond substituents is 2. The van der Waals surface area contributed by atoms with E-state index in [0.717, 1.165) is 5.71 Å². The van der Waals surface area contributed by atoms with Gasteiger partial charge in [-0.15, -0.1) is 5.53 Å². The Bertz CT molecular complexity index is 639. The number of anilines is 1. The summed E-state index contributed by atoms with van der Waals surface area (Å²) in [5.41, 5.74) is 4.53. The summed E-state index contributed by atoms with van der Waals surface area (Å²) in [7, 11) is 0. The first-order chi connectivity index (χ1) is 9.04. The highest BCUT2D eigenvalue weighted by Crippen LogP contribution is 2.32. The maximum Gasteiger partial charge on any atom is 0.168 e. The maximum absolute atomic E-state index is 9.51. The number of hydrazine groups is 2. The Morgan fingerprint density at radius 1 is 1.26 bits per heavy atom. The van der Waals surface area contributed by atoms with E-state index >= 15 is 0 Å². The summed E-state index contributed by atoms with van der Waals surface area (Å²) in [6.07, 6.45) is 3.55. The number of nitrogens with zero attached hydrogens (tertiary/aromatic N) is 3. The smallest absolute Gasteiger partial charge is 0.168 e. The molecule has 0 atom stereocenters. The first-order valence-electron chi connectivity index (χ1n) is 5.58. The van der Waals surface area contributed by atoms with Gasteiger partial charge < -0.3 is 10.2 Å². The fourth-order valence-corrected chi connectivity index (χ4v) is 2.16. The van der Waals surface area contributed by atoms with E-state index in [1.165, 1.54) is 12.1 Å². The number of fused-ring (bicyclic) bond motifs is 1. The highest BCUT2D eigenvalue weighted by molar-refractivity contribution is 7.84. The molecule has 3 rings (SSSR count). The molecule has 6 nitrogen and oxygen atoms in total. The average molecular weight is 275 g/mol. The molecular weight excluding hydrogens is 264 g/mol. The van der Waals surface area contributed by atoms with Gasteiger partial charge in [0, 0.05) is 11.8 Å². The van der Waals surface area contributed by atoms with Crippen LogP contribution in [0.5, 0.6) is 11.5 Å². The lowest BCUT2D eigenvalue weighted by atomic mass is 10.3. The maximum atomic E-state index is 9.51. The minimum atomic E-state index is -0.184. The standard InChI is InChI=1S/C12H11N4O2S/c1-7-4-12(19)16-11(13-7)6-15(14-16)8-2-3-9(17)10(18)5-8/h2-6,14,17-18H,1H3. The highest BCUT2D eigenvalue weighted by Gasteiger charge is 2.26. The molecule has 97 valence electrons. The number of aliphatic imine (C=N–C) groups is 1. The lowest BCUT2D eigenvalue weighted by Gasteiger charge is -2.24. The van der Waals surface area contributed by atoms with E-state index in [1.54, 1.807) is 28.4 Å². The van der Waals surface area contributed by atoms with Crippen molar-refractivity contribution in [2.75, 3.05) is 5.01 Å². The molecule has 1 aromatic rings. The lowest BCUT2D eigenvalue weighted by molar-refractivity contribution is 0.359. The molecule has 2 aliphatic heterocycles. The Labute approximate surface area is 115 Å². The summed E-state index contributed by atoms with van der Waals surface area (Å²) in [6, 6.07) is 4.53. The van der Waals surface area contributed by atoms with Crippen LogP contribution in [-0.2, 0) is 0 Å². The summed E-state index contributed by atoms with van der Waals surface area (Å²) in [5.74, 6) is 0.333. The van der Waals surface area contributed by atoms with Gasteiger partial charge in [-0.2, -0.15) is 0 Å². The fraction of sp³-hybridized carbons (Fsp3) is 0.0833. The molecule has 0 amide bonds. The molecular formula is C12H11N4O2S. The number of rotatable bonds is 1. The van der Waals surface area contributed by atoms with Crippen molar-refractivity contribution in [1.29, 1.82) is 0 Å². The molecule has 0 unspecified atom stereocenters. The van der Waals surface area contributed by atoms with E-state index < -0.39 is 0 Å². The van der Waals surface area contributed by atoms with Crippen LogP contribution in [0.3, 0.4) is 0 Å². The third-order valence-corrected chi connectivity index (χ3v) is 3.06. The predicted octanol–water partition coefficient (Wildman–Crippen LogP) is 1.95. The van der Waals surface area contributed by atoms with E-state index in [2.05, 4.69) is 10.5 Å². The number of allylic oxidation sites excluding steroid dienone is 1. The molecule has 1 aromatic carbocycles. The summed E-state index contributed by atoms with van der Waals surface area (Å²) < 4.78 is 0. The van der Waals surface area contributed by atoms with Gasteiger partial charge in [-0.05, 0) is 25.1 Å². The van der Waals surface area contributed by atoms with E-state index in [-0.39, 0.29) is 11.5 Å². The fourth-order valence-electron chi connectivity index (χ4n) is 1.85. The van der Waals surface area contributed by atoms with Gasteiger partial charge in [-0.3, -0.25) is 5.01 Å². The van der Waals surface area contributed by atoms with Gasteiger partial charge in [0.15, 0.2) is 17.3 Å². The quantitative estimate of drug-likeness (QED) is 0.683. The number of aromatic hydroxyl groups is 2. The van der Waals surface area contributed by atoms with E-state index in [4.69, 9.17) is 12.6 Å². The van der Waals surface area contributed by atoms with Crippen LogP contribution in [-0.4, -0.2) is 20.9 Å². The van der Waals surface area contributed by atoms with Crippen molar-refractivity contribution in [3.63, 3.8) is 0 Å². The average Bonchev–Trinajstić information content (AvgIpc) is 2.76. The van der Waals surface area contributed by atoms with E-state index in [0.29, 0.717) is 16.5 Å². The molecule has 2 heterocycles. The summed E-state index contributed by atoms with van der Waals surface area (Å²) in [5, 5.41) is 22.8. The number of phenols is 2. The first-order valence-corrected chi connectivity index (χ1v) is 5.99. The van der Waals surface area contributed by atoms with Crippen LogP contribution >= 0.6 is 12.6 Å². The molecule has 2 aliphatic rings. The van der Waals surface area contributed by atoms with E-state index in [9.17, 15) is 10.2 Å². The van der Waals surface area contributed by atoms with Crippen LogP contribution in [0.1, 0.15) is 6.92 Å². The van der Waals surface area contributed by atoms with Crippen LogP contribution in [0.15, 0.2) is 46.3 Å². The minimum absolute atomic E-state index is 0.161. The lowest BCUT2D eigenvalue weighted by Crippen LogP contribution is -2.39. The van der Waals surface area contributed by atoms with Gasteiger partial charge in [0.1, 0.15) is 5.03 Å². The van der Waals surface area contributed by atoms with Crippen molar-refractivity contribution < 1.29 is 10.2 Å². The topological polar surface area (TPSA) is 71.3 Å². The second-order valence-electron chi connectivity index (χ2n) is 4.20. The van der Waals surface area contributed by atoms with Crippen LogP contribution in [0.25, 0.3) is 0 Å². The molecule has 1 radical (unpaired) electrons. The van der Waals surface area contributed by atoms with Gasteiger partial charge in [-0.25, -0.2) is 10.0 Å². The molecule has 0 spiro atoms. The summed E-state index contributed by atoms with van der Waals surface area (Å²) in [6.45, 7) is 1.87. The number of benzene rings is 1. The molecule has 7 heteroatoms. The third kappa shape index (κ3) is 1.98. The number of nitrogens with one attached hydrogen (secondary N) is 1. The van der Waals surface area contributed by atoms with E-state index in [1.807, 2.05) is 6.92 Å². The molecule has 0 saturated carbocycles. The molecule has 0 aromatic heterocycles. The monoisotopic (exact) mass is 275 g/mol. The van der Waals surface area contributed by atoms with Crippen molar-refractivity contribution >= 4 is 24.0 Å². The van der Waals surface area contributed by atoms with Crippen LogP contribution in [0.4, 0.5) is 5.69 Å². The Hall–Kier alpha value is -2.25.